The van der Waals surface area contributed by atoms with Gasteiger partial charge < -0.3 is 29.8 Å². The Morgan fingerprint density at radius 3 is 2.19 bits per heavy atom. The number of alkyl halides is 2. The largest absolute Gasteiger partial charge is 0.451 e. The van der Waals surface area contributed by atoms with E-state index in [1.165, 1.54) is 0 Å². The molecule has 9 nitrogen and oxygen atoms in total. The van der Waals surface area contributed by atoms with Gasteiger partial charge in [0.05, 0.1) is 5.69 Å². The zero-order valence-corrected chi connectivity index (χ0v) is 28.6. The number of nitrogens with one attached hydrogen (secondary N) is 3. The summed E-state index contributed by atoms with van der Waals surface area (Å²) < 4.78 is 7.43. The first kappa shape index (κ1) is 33.0. The number of nitrogens with zero attached hydrogens (tertiary/aromatic N) is 2. The first-order chi connectivity index (χ1) is 20.5. The number of benzene rings is 2. The average molecular weight is 759 g/mol. The molecule has 0 aliphatic carbocycles. The standard InChI is InChI=1S/C30H34Cl2IN5O4S/c1-37-19-23(34-28(39)10-15-43(2,3)33)18-25(37)29(40)36-22-6-9-26-20(16-22)17-27(42-26)30(41)35-21-4-7-24(8-5-21)38(13-11-31)14-12-32/h4-9,16-19H,10-15H2,1-3H3,(H,34,39)(H,35,41)(H,36,40). The van der Waals surface area contributed by atoms with Crippen LogP contribution in [0, 0.1) is 0 Å². The van der Waals surface area contributed by atoms with Crippen LogP contribution in [-0.4, -0.2) is 65.4 Å². The SMILES string of the molecule is Cn1cc(NC(=O)CCS(C)(C)I)cc1C(=O)Nc1ccc2oc(C(=O)Nc3ccc(N(CCCl)CCCl)cc3)cc2c1. The molecule has 0 saturated heterocycles. The molecule has 43 heavy (non-hydrogen) atoms. The van der Waals surface area contributed by atoms with E-state index in [1.54, 1.807) is 48.1 Å². The summed E-state index contributed by atoms with van der Waals surface area (Å²) >= 11 is 14.2. The Morgan fingerprint density at radius 2 is 1.53 bits per heavy atom. The van der Waals surface area contributed by atoms with Crippen molar-refractivity contribution in [1.29, 1.82) is 0 Å². The number of hydrogen-bond donors (Lipinski definition) is 3. The highest BCUT2D eigenvalue weighted by Gasteiger charge is 2.17. The van der Waals surface area contributed by atoms with Gasteiger partial charge >= 0.3 is 0 Å². The van der Waals surface area contributed by atoms with Crippen molar-refractivity contribution in [1.82, 2.24) is 4.57 Å². The van der Waals surface area contributed by atoms with Crippen molar-refractivity contribution in [2.24, 2.45) is 7.05 Å². The molecule has 0 unspecified atom stereocenters. The minimum Gasteiger partial charge on any atom is -0.451 e. The van der Waals surface area contributed by atoms with Crippen molar-refractivity contribution in [3.8, 4) is 0 Å². The van der Waals surface area contributed by atoms with Gasteiger partial charge in [0.25, 0.3) is 11.8 Å². The lowest BCUT2D eigenvalue weighted by atomic mass is 10.2. The van der Waals surface area contributed by atoms with E-state index in [2.05, 4.69) is 54.6 Å². The molecule has 0 fully saturated rings. The number of hydrogen-bond acceptors (Lipinski definition) is 5. The Kier molecular flexibility index (Phi) is 11.3. The Bertz CT molecular complexity index is 1590. The van der Waals surface area contributed by atoms with E-state index in [-0.39, 0.29) is 17.6 Å². The molecule has 0 saturated carbocycles. The molecule has 0 bridgehead atoms. The molecular formula is C30H34Cl2IN5O4S. The maximum absolute atomic E-state index is 13.0. The molecule has 2 heterocycles. The van der Waals surface area contributed by atoms with Crippen molar-refractivity contribution in [2.75, 3.05) is 64.0 Å². The van der Waals surface area contributed by atoms with Crippen LogP contribution in [0.2, 0.25) is 0 Å². The van der Waals surface area contributed by atoms with E-state index in [9.17, 15) is 14.4 Å². The van der Waals surface area contributed by atoms with Crippen LogP contribution >= 0.6 is 51.6 Å². The summed E-state index contributed by atoms with van der Waals surface area (Å²) in [6, 6.07) is 15.9. The highest BCUT2D eigenvalue weighted by atomic mass is 127. The first-order valence-corrected chi connectivity index (χ1v) is 19.7. The van der Waals surface area contributed by atoms with Gasteiger partial charge in [0.2, 0.25) is 5.91 Å². The summed E-state index contributed by atoms with van der Waals surface area (Å²) in [5.41, 5.74) is 3.59. The molecule has 0 radical (unpaired) electrons. The topological polar surface area (TPSA) is 109 Å². The van der Waals surface area contributed by atoms with Crippen LogP contribution in [0.1, 0.15) is 27.5 Å². The molecule has 2 aromatic heterocycles. The monoisotopic (exact) mass is 757 g/mol. The number of rotatable bonds is 13. The first-order valence-electron chi connectivity index (χ1n) is 13.5. The lowest BCUT2D eigenvalue weighted by molar-refractivity contribution is -0.115. The van der Waals surface area contributed by atoms with Gasteiger partial charge in [-0.3, -0.25) is 14.4 Å². The third-order valence-electron chi connectivity index (χ3n) is 6.53. The van der Waals surface area contributed by atoms with Crippen LogP contribution in [-0.2, 0) is 11.8 Å². The number of carbonyl (C=O) groups is 3. The van der Waals surface area contributed by atoms with Crippen LogP contribution in [0.25, 0.3) is 11.0 Å². The zero-order valence-electron chi connectivity index (χ0n) is 24.1. The number of carbonyl (C=O) groups excluding carboxylic acids is 3. The maximum atomic E-state index is 13.0. The lowest BCUT2D eigenvalue weighted by Gasteiger charge is -2.23. The summed E-state index contributed by atoms with van der Waals surface area (Å²) in [4.78, 5) is 40.4. The highest BCUT2D eigenvalue weighted by molar-refractivity contribution is 14.2. The number of anilines is 4. The summed E-state index contributed by atoms with van der Waals surface area (Å²) in [6.07, 6.45) is 6.46. The number of furan rings is 1. The van der Waals surface area contributed by atoms with E-state index in [0.717, 1.165) is 11.4 Å². The van der Waals surface area contributed by atoms with Crippen LogP contribution in [0.15, 0.2) is 65.2 Å². The van der Waals surface area contributed by atoms with E-state index in [1.807, 2.05) is 24.3 Å². The molecule has 4 aromatic rings. The minimum atomic E-state index is -0.801. The van der Waals surface area contributed by atoms with Crippen LogP contribution in [0.5, 0.6) is 0 Å². The summed E-state index contributed by atoms with van der Waals surface area (Å²) in [5, 5.41) is 9.27. The third kappa shape index (κ3) is 9.31. The van der Waals surface area contributed by atoms with E-state index < -0.39 is 13.1 Å². The number of halogens is 3. The van der Waals surface area contributed by atoms with Gasteiger partial charge in [-0.05, 0) is 94.1 Å². The molecule has 13 heteroatoms. The molecule has 4 rings (SSSR count). The predicted octanol–water partition coefficient (Wildman–Crippen LogP) is 7.30. The van der Waals surface area contributed by atoms with Gasteiger partial charge in [-0.1, -0.05) is 0 Å². The zero-order chi connectivity index (χ0) is 31.1. The molecule has 3 N–H and O–H groups in total. The van der Waals surface area contributed by atoms with Gasteiger partial charge in [-0.15, -0.1) is 23.2 Å². The van der Waals surface area contributed by atoms with Gasteiger partial charge in [-0.25, -0.2) is 0 Å². The third-order valence-corrected chi connectivity index (χ3v) is 9.37. The molecule has 0 spiro atoms. The lowest BCUT2D eigenvalue weighted by Crippen LogP contribution is -2.27. The van der Waals surface area contributed by atoms with Crippen molar-refractivity contribution in [3.63, 3.8) is 0 Å². The smallest absolute Gasteiger partial charge is 0.291 e. The van der Waals surface area contributed by atoms with Crippen molar-refractivity contribution in [2.45, 2.75) is 6.42 Å². The molecule has 0 aliphatic rings. The number of fused-ring (bicyclic) bond motifs is 1. The maximum Gasteiger partial charge on any atom is 0.291 e. The van der Waals surface area contributed by atoms with E-state index in [0.29, 0.717) is 65.0 Å². The van der Waals surface area contributed by atoms with Gasteiger partial charge in [-0.2, -0.15) is 7.20 Å². The fourth-order valence-electron chi connectivity index (χ4n) is 4.37. The Hall–Kier alpha value is -2.87. The highest BCUT2D eigenvalue weighted by Crippen LogP contribution is 2.49. The molecule has 230 valence electrons. The molecule has 3 amide bonds. The van der Waals surface area contributed by atoms with Crippen LogP contribution in [0.4, 0.5) is 22.7 Å². The van der Waals surface area contributed by atoms with Crippen LogP contribution in [0.3, 0.4) is 0 Å². The average Bonchev–Trinajstić information content (AvgIpc) is 3.54. The summed E-state index contributed by atoms with van der Waals surface area (Å²) in [7, 11) is 0.945. The fourth-order valence-corrected chi connectivity index (χ4v) is 6.11. The quantitative estimate of drug-likeness (QED) is 0.0981. The van der Waals surface area contributed by atoms with Crippen molar-refractivity contribution < 1.29 is 18.8 Å². The van der Waals surface area contributed by atoms with Crippen molar-refractivity contribution >= 4 is 103 Å². The number of aryl methyl sites for hydroxylation is 1. The molecule has 2 aromatic carbocycles. The normalized spacial score (nSPS) is 11.8. The fraction of sp³-hybridized carbons (Fsp3) is 0.300. The van der Waals surface area contributed by atoms with E-state index in [4.69, 9.17) is 27.6 Å². The summed E-state index contributed by atoms with van der Waals surface area (Å²) in [5.74, 6) is 1.14. The minimum absolute atomic E-state index is 0.0757. The van der Waals surface area contributed by atoms with Gasteiger partial charge in [0.15, 0.2) is 5.76 Å². The van der Waals surface area contributed by atoms with Gasteiger partial charge in [0, 0.05) is 67.0 Å². The van der Waals surface area contributed by atoms with Crippen LogP contribution < -0.4 is 20.9 Å². The van der Waals surface area contributed by atoms with Gasteiger partial charge in [0.1, 0.15) is 11.3 Å². The molecule has 0 atom stereocenters. The Balaban J connectivity index is 1.39. The second-order valence-electron chi connectivity index (χ2n) is 10.3. The Morgan fingerprint density at radius 1 is 0.884 bits per heavy atom. The predicted molar refractivity (Wildman–Crippen MR) is 189 cm³/mol. The number of amides is 3. The Labute approximate surface area is 274 Å². The second-order valence-corrected chi connectivity index (χ2v) is 21.4. The van der Waals surface area contributed by atoms with Crippen molar-refractivity contribution in [3.05, 3.63) is 72.2 Å². The number of aromatic nitrogens is 1. The molecular weight excluding hydrogens is 724 g/mol. The van der Waals surface area contributed by atoms with E-state index >= 15 is 0 Å². The molecule has 0 aliphatic heterocycles. The second kappa shape index (κ2) is 14.7. The summed E-state index contributed by atoms with van der Waals surface area (Å²) in [6.45, 7) is 1.34.